The molecule has 0 saturated carbocycles. The fourth-order valence-electron chi connectivity index (χ4n) is 1.49. The number of nitrogens with two attached hydrogens (primary N) is 1. The second kappa shape index (κ2) is 5.36. The molecule has 0 amide bonds. The summed E-state index contributed by atoms with van der Waals surface area (Å²) in [5.74, 6) is -1.42. The molecule has 0 unspecified atom stereocenters. The fraction of sp³-hybridized carbons (Fsp3) is 0.400. The predicted octanol–water partition coefficient (Wildman–Crippen LogP) is 4.15. The molecule has 1 aromatic rings. The zero-order valence-electron chi connectivity index (χ0n) is 8.74. The van der Waals surface area contributed by atoms with Gasteiger partial charge < -0.3 is 5.73 Å². The Morgan fingerprint density at radius 3 is 2.22 bits per heavy atom. The maximum absolute atomic E-state index is 13.5. The number of rotatable bonds is 3. The van der Waals surface area contributed by atoms with E-state index in [0.717, 1.165) is 0 Å². The van der Waals surface area contributed by atoms with Crippen molar-refractivity contribution >= 4 is 11.6 Å². The summed E-state index contributed by atoms with van der Waals surface area (Å²) in [5, 5.41) is -0.595. The molecule has 2 N–H and O–H groups in total. The summed E-state index contributed by atoms with van der Waals surface area (Å²) in [5.41, 5.74) is 2.76. The molecule has 18 heavy (non-hydrogen) atoms. The van der Waals surface area contributed by atoms with Crippen molar-refractivity contribution in [1.82, 2.24) is 0 Å². The maximum Gasteiger partial charge on any atom is 0.416 e. The number of benzene rings is 1. The SMILES string of the molecule is N[C@@H](CC(F)F)c1c(C(F)(F)F)ccc(Cl)c1F. The molecule has 0 spiro atoms. The molecule has 1 rings (SSSR count). The van der Waals surface area contributed by atoms with Gasteiger partial charge in [0.05, 0.1) is 10.6 Å². The van der Waals surface area contributed by atoms with Gasteiger partial charge in [0, 0.05) is 18.0 Å². The van der Waals surface area contributed by atoms with Gasteiger partial charge in [0.25, 0.3) is 0 Å². The Hall–Kier alpha value is -0.950. The van der Waals surface area contributed by atoms with Crippen LogP contribution in [0.2, 0.25) is 5.02 Å². The number of hydrogen-bond acceptors (Lipinski definition) is 1. The first-order valence-electron chi connectivity index (χ1n) is 4.73. The first kappa shape index (κ1) is 15.1. The van der Waals surface area contributed by atoms with Crippen molar-refractivity contribution in [2.75, 3.05) is 0 Å². The lowest BCUT2D eigenvalue weighted by Gasteiger charge is -2.19. The van der Waals surface area contributed by atoms with E-state index in [9.17, 15) is 26.3 Å². The van der Waals surface area contributed by atoms with Gasteiger partial charge in [-0.15, -0.1) is 0 Å². The number of halogens is 7. The molecular formula is C10H8ClF6N. The first-order chi connectivity index (χ1) is 8.14. The smallest absolute Gasteiger partial charge is 0.324 e. The molecule has 102 valence electrons. The van der Waals surface area contributed by atoms with Crippen LogP contribution in [0, 0.1) is 5.82 Å². The molecule has 0 aromatic heterocycles. The van der Waals surface area contributed by atoms with Crippen molar-refractivity contribution in [1.29, 1.82) is 0 Å². The van der Waals surface area contributed by atoms with Gasteiger partial charge in [0.1, 0.15) is 5.82 Å². The van der Waals surface area contributed by atoms with Gasteiger partial charge in [-0.3, -0.25) is 0 Å². The largest absolute Gasteiger partial charge is 0.416 e. The second-order valence-electron chi connectivity index (χ2n) is 3.55. The summed E-state index contributed by atoms with van der Waals surface area (Å²) in [6.45, 7) is 0. The van der Waals surface area contributed by atoms with E-state index in [1.54, 1.807) is 0 Å². The molecule has 1 aromatic carbocycles. The van der Waals surface area contributed by atoms with Crippen LogP contribution in [0.1, 0.15) is 23.6 Å². The lowest BCUT2D eigenvalue weighted by molar-refractivity contribution is -0.138. The van der Waals surface area contributed by atoms with Crippen LogP contribution >= 0.6 is 11.6 Å². The quantitative estimate of drug-likeness (QED) is 0.832. The van der Waals surface area contributed by atoms with Crippen molar-refractivity contribution < 1.29 is 26.3 Å². The molecule has 0 heterocycles. The average Bonchev–Trinajstić information content (AvgIpc) is 2.18. The molecule has 0 radical (unpaired) electrons. The number of hydrogen-bond donors (Lipinski definition) is 1. The highest BCUT2D eigenvalue weighted by molar-refractivity contribution is 6.30. The van der Waals surface area contributed by atoms with Gasteiger partial charge in [-0.25, -0.2) is 13.2 Å². The lowest BCUT2D eigenvalue weighted by Crippen LogP contribution is -2.21. The molecule has 0 aliphatic heterocycles. The van der Waals surface area contributed by atoms with Gasteiger partial charge in [0.15, 0.2) is 0 Å². The van der Waals surface area contributed by atoms with Gasteiger partial charge in [-0.2, -0.15) is 13.2 Å². The van der Waals surface area contributed by atoms with E-state index in [0.29, 0.717) is 12.1 Å². The molecule has 0 aliphatic rings. The summed E-state index contributed by atoms with van der Waals surface area (Å²) >= 11 is 5.33. The fourth-order valence-corrected chi connectivity index (χ4v) is 1.65. The summed E-state index contributed by atoms with van der Waals surface area (Å²) in [6.07, 6.45) is -8.92. The predicted molar refractivity (Wildman–Crippen MR) is 54.0 cm³/mol. The molecule has 0 fully saturated rings. The van der Waals surface area contributed by atoms with Crippen molar-refractivity contribution in [3.05, 3.63) is 34.1 Å². The van der Waals surface area contributed by atoms with Gasteiger partial charge in [-0.05, 0) is 12.1 Å². The third-order valence-electron chi connectivity index (χ3n) is 2.24. The highest BCUT2D eigenvalue weighted by Gasteiger charge is 2.37. The molecule has 0 aliphatic carbocycles. The minimum absolute atomic E-state index is 0.520. The Morgan fingerprint density at radius 2 is 1.78 bits per heavy atom. The second-order valence-corrected chi connectivity index (χ2v) is 3.96. The van der Waals surface area contributed by atoms with Gasteiger partial charge in [0.2, 0.25) is 6.43 Å². The Kier molecular flexibility index (Phi) is 4.50. The summed E-state index contributed by atoms with van der Waals surface area (Å²) in [4.78, 5) is 0. The molecule has 0 saturated heterocycles. The zero-order chi connectivity index (χ0) is 14.1. The summed E-state index contributed by atoms with van der Waals surface area (Å²) in [6, 6.07) is -0.551. The summed E-state index contributed by atoms with van der Waals surface area (Å²) < 4.78 is 75.6. The van der Waals surface area contributed by atoms with E-state index < -0.39 is 47.0 Å². The van der Waals surface area contributed by atoms with Gasteiger partial charge in [-0.1, -0.05) is 11.6 Å². The Bertz CT molecular complexity index is 431. The third-order valence-corrected chi connectivity index (χ3v) is 2.53. The number of alkyl halides is 5. The minimum Gasteiger partial charge on any atom is -0.324 e. The summed E-state index contributed by atoms with van der Waals surface area (Å²) in [7, 11) is 0. The minimum atomic E-state index is -4.89. The van der Waals surface area contributed by atoms with E-state index in [4.69, 9.17) is 17.3 Å². The highest BCUT2D eigenvalue weighted by Crippen LogP contribution is 2.38. The van der Waals surface area contributed by atoms with Crippen LogP contribution in [0.4, 0.5) is 26.3 Å². The van der Waals surface area contributed by atoms with E-state index in [2.05, 4.69) is 0 Å². The van der Waals surface area contributed by atoms with Crippen LogP contribution < -0.4 is 5.73 Å². The van der Waals surface area contributed by atoms with Crippen molar-refractivity contribution in [2.24, 2.45) is 5.73 Å². The monoisotopic (exact) mass is 291 g/mol. The third kappa shape index (κ3) is 3.29. The van der Waals surface area contributed by atoms with E-state index >= 15 is 0 Å². The van der Waals surface area contributed by atoms with Crippen LogP contribution in [0.3, 0.4) is 0 Å². The van der Waals surface area contributed by atoms with Crippen molar-refractivity contribution in [3.8, 4) is 0 Å². The molecule has 1 nitrogen and oxygen atoms in total. The van der Waals surface area contributed by atoms with Gasteiger partial charge >= 0.3 is 6.18 Å². The molecule has 8 heteroatoms. The first-order valence-corrected chi connectivity index (χ1v) is 5.11. The van der Waals surface area contributed by atoms with E-state index in [-0.39, 0.29) is 0 Å². The molecule has 1 atom stereocenters. The van der Waals surface area contributed by atoms with E-state index in [1.165, 1.54) is 0 Å². The standard InChI is InChI=1S/C10H8ClF6N/c11-5-2-1-4(10(15,16)17)8(9(5)14)6(18)3-7(12)13/h1-2,6-7H,3,18H2/t6-/m0/s1. The normalized spacial score (nSPS) is 14.1. The van der Waals surface area contributed by atoms with Crippen molar-refractivity contribution in [2.45, 2.75) is 25.1 Å². The Balaban J connectivity index is 3.34. The van der Waals surface area contributed by atoms with E-state index in [1.807, 2.05) is 0 Å². The zero-order valence-corrected chi connectivity index (χ0v) is 9.50. The van der Waals surface area contributed by atoms with Crippen LogP contribution in [-0.2, 0) is 6.18 Å². The topological polar surface area (TPSA) is 26.0 Å². The van der Waals surface area contributed by atoms with Crippen molar-refractivity contribution in [3.63, 3.8) is 0 Å². The Labute approximate surface area is 104 Å². The lowest BCUT2D eigenvalue weighted by atomic mass is 9.97. The highest BCUT2D eigenvalue weighted by atomic mass is 35.5. The van der Waals surface area contributed by atoms with Crippen LogP contribution in [0.15, 0.2) is 12.1 Å². The van der Waals surface area contributed by atoms with Crippen LogP contribution in [0.5, 0.6) is 0 Å². The molecular weight excluding hydrogens is 284 g/mol. The maximum atomic E-state index is 13.5. The van der Waals surface area contributed by atoms with Crippen LogP contribution in [0.25, 0.3) is 0 Å². The molecule has 0 bridgehead atoms. The average molecular weight is 292 g/mol. The Morgan fingerprint density at radius 1 is 1.22 bits per heavy atom. The van der Waals surface area contributed by atoms with Crippen LogP contribution in [-0.4, -0.2) is 6.43 Å².